The third-order valence-electron chi connectivity index (χ3n) is 4.55. The van der Waals surface area contributed by atoms with Crippen LogP contribution in [0.3, 0.4) is 0 Å². The van der Waals surface area contributed by atoms with E-state index in [1.807, 2.05) is 11.8 Å². The van der Waals surface area contributed by atoms with Crippen LogP contribution in [0, 0.1) is 0 Å². The molecule has 0 aliphatic carbocycles. The number of amides is 4. The van der Waals surface area contributed by atoms with Crippen molar-refractivity contribution < 1.29 is 19.2 Å². The van der Waals surface area contributed by atoms with Crippen LogP contribution >= 0.6 is 0 Å². The highest BCUT2D eigenvalue weighted by Crippen LogP contribution is 2.17. The molecule has 0 bridgehead atoms. The maximum absolute atomic E-state index is 12.4. The highest BCUT2D eigenvalue weighted by atomic mass is 16.2. The topological polar surface area (TPSA) is 86.8 Å². The summed E-state index contributed by atoms with van der Waals surface area (Å²) in [7, 11) is 0. The first-order valence-electron chi connectivity index (χ1n) is 8.33. The van der Waals surface area contributed by atoms with Crippen LogP contribution in [0.2, 0.25) is 0 Å². The van der Waals surface area contributed by atoms with Gasteiger partial charge in [-0.1, -0.05) is 0 Å². The van der Waals surface area contributed by atoms with Gasteiger partial charge < -0.3 is 10.2 Å². The number of rotatable bonds is 5. The number of piperidine rings is 1. The SMILES string of the molecule is C[C@H](NC(=O)CCN1C(=O)CCC1=O)C(=O)N1CCCC[C@H]1C. The molecule has 0 unspecified atom stereocenters. The van der Waals surface area contributed by atoms with E-state index >= 15 is 0 Å². The molecule has 0 radical (unpaired) electrons. The Kier molecular flexibility index (Phi) is 5.74. The molecule has 23 heavy (non-hydrogen) atoms. The number of nitrogens with zero attached hydrogens (tertiary/aromatic N) is 2. The van der Waals surface area contributed by atoms with Gasteiger partial charge in [-0.25, -0.2) is 0 Å². The van der Waals surface area contributed by atoms with Gasteiger partial charge in [-0.05, 0) is 33.1 Å². The zero-order chi connectivity index (χ0) is 17.0. The maximum Gasteiger partial charge on any atom is 0.245 e. The molecule has 2 saturated heterocycles. The van der Waals surface area contributed by atoms with E-state index in [2.05, 4.69) is 5.32 Å². The van der Waals surface area contributed by atoms with Gasteiger partial charge in [0.05, 0.1) is 0 Å². The molecule has 2 heterocycles. The number of likely N-dealkylation sites (tertiary alicyclic amines) is 2. The first-order chi connectivity index (χ1) is 10.9. The van der Waals surface area contributed by atoms with Crippen LogP contribution in [-0.2, 0) is 19.2 Å². The molecule has 0 spiro atoms. The molecule has 1 N–H and O–H groups in total. The van der Waals surface area contributed by atoms with Crippen molar-refractivity contribution in [3.63, 3.8) is 0 Å². The summed E-state index contributed by atoms with van der Waals surface area (Å²) >= 11 is 0. The second-order valence-corrected chi connectivity index (χ2v) is 6.35. The van der Waals surface area contributed by atoms with Gasteiger partial charge in [0, 0.05) is 38.4 Å². The smallest absolute Gasteiger partial charge is 0.245 e. The maximum atomic E-state index is 12.4. The summed E-state index contributed by atoms with van der Waals surface area (Å²) in [5.41, 5.74) is 0. The lowest BCUT2D eigenvalue weighted by Crippen LogP contribution is -2.51. The van der Waals surface area contributed by atoms with E-state index in [0.717, 1.165) is 30.7 Å². The summed E-state index contributed by atoms with van der Waals surface area (Å²) in [6, 6.07) is -0.386. The third kappa shape index (κ3) is 4.30. The largest absolute Gasteiger partial charge is 0.345 e. The number of hydrogen-bond donors (Lipinski definition) is 1. The minimum Gasteiger partial charge on any atom is -0.345 e. The van der Waals surface area contributed by atoms with Crippen molar-refractivity contribution in [3.05, 3.63) is 0 Å². The Bertz CT molecular complexity index is 490. The first kappa shape index (κ1) is 17.4. The Morgan fingerprint density at radius 2 is 1.87 bits per heavy atom. The van der Waals surface area contributed by atoms with Crippen molar-refractivity contribution in [3.8, 4) is 0 Å². The summed E-state index contributed by atoms with van der Waals surface area (Å²) in [5, 5.41) is 2.67. The normalized spacial score (nSPS) is 23.1. The van der Waals surface area contributed by atoms with E-state index < -0.39 is 6.04 Å². The summed E-state index contributed by atoms with van der Waals surface area (Å²) < 4.78 is 0. The number of carbonyl (C=O) groups is 4. The van der Waals surface area contributed by atoms with Crippen LogP contribution in [0.25, 0.3) is 0 Å². The standard InChI is InChI=1S/C16H25N3O4/c1-11-5-3-4-9-18(11)16(23)12(2)17-13(20)8-10-19-14(21)6-7-15(19)22/h11-12H,3-10H2,1-2H3,(H,17,20)/t11-,12+/m1/s1. The van der Waals surface area contributed by atoms with Gasteiger partial charge >= 0.3 is 0 Å². The molecular weight excluding hydrogens is 298 g/mol. The lowest BCUT2D eigenvalue weighted by Gasteiger charge is -2.35. The van der Waals surface area contributed by atoms with Crippen LogP contribution in [-0.4, -0.2) is 58.6 Å². The Morgan fingerprint density at radius 3 is 2.48 bits per heavy atom. The second kappa shape index (κ2) is 7.57. The van der Waals surface area contributed by atoms with E-state index in [-0.39, 0.29) is 55.5 Å². The van der Waals surface area contributed by atoms with Gasteiger partial charge in [0.15, 0.2) is 0 Å². The summed E-state index contributed by atoms with van der Waals surface area (Å²) in [4.78, 5) is 50.3. The van der Waals surface area contributed by atoms with Crippen molar-refractivity contribution in [2.45, 2.75) is 64.5 Å². The van der Waals surface area contributed by atoms with Crippen molar-refractivity contribution in [2.75, 3.05) is 13.1 Å². The quantitative estimate of drug-likeness (QED) is 0.743. The third-order valence-corrected chi connectivity index (χ3v) is 4.55. The molecule has 0 aromatic rings. The fraction of sp³-hybridized carbons (Fsp3) is 0.750. The van der Waals surface area contributed by atoms with Crippen LogP contribution in [0.15, 0.2) is 0 Å². The zero-order valence-corrected chi connectivity index (χ0v) is 13.8. The van der Waals surface area contributed by atoms with Gasteiger partial charge in [0.25, 0.3) is 0 Å². The highest BCUT2D eigenvalue weighted by molar-refractivity contribution is 6.02. The van der Waals surface area contributed by atoms with E-state index in [4.69, 9.17) is 0 Å². The molecule has 0 aromatic heterocycles. The number of nitrogens with one attached hydrogen (secondary N) is 1. The van der Waals surface area contributed by atoms with Crippen LogP contribution in [0.5, 0.6) is 0 Å². The average molecular weight is 323 g/mol. The van der Waals surface area contributed by atoms with Gasteiger partial charge in [0.1, 0.15) is 6.04 Å². The Labute approximate surface area is 136 Å². The van der Waals surface area contributed by atoms with E-state index in [1.165, 1.54) is 0 Å². The van der Waals surface area contributed by atoms with Gasteiger partial charge in [0.2, 0.25) is 23.6 Å². The lowest BCUT2D eigenvalue weighted by molar-refractivity contribution is -0.141. The van der Waals surface area contributed by atoms with Gasteiger partial charge in [-0.15, -0.1) is 0 Å². The molecule has 7 heteroatoms. The molecule has 0 saturated carbocycles. The van der Waals surface area contributed by atoms with Gasteiger partial charge in [-0.3, -0.25) is 24.1 Å². The Morgan fingerprint density at radius 1 is 1.22 bits per heavy atom. The minimum absolute atomic E-state index is 0.0324. The molecule has 0 aromatic carbocycles. The minimum atomic E-state index is -0.590. The predicted octanol–water partition coefficient (Wildman–Crippen LogP) is 0.431. The molecule has 2 rings (SSSR count). The molecular formula is C16H25N3O4. The lowest BCUT2D eigenvalue weighted by atomic mass is 10.0. The van der Waals surface area contributed by atoms with Crippen LogP contribution in [0.1, 0.15) is 52.4 Å². The molecule has 2 atom stereocenters. The molecule has 2 aliphatic heterocycles. The van der Waals surface area contributed by atoms with E-state index in [9.17, 15) is 19.2 Å². The molecule has 2 fully saturated rings. The van der Waals surface area contributed by atoms with E-state index in [0.29, 0.717) is 0 Å². The summed E-state index contributed by atoms with van der Waals surface area (Å²) in [5.74, 6) is -0.843. The van der Waals surface area contributed by atoms with Gasteiger partial charge in [-0.2, -0.15) is 0 Å². The van der Waals surface area contributed by atoms with Crippen molar-refractivity contribution in [1.29, 1.82) is 0 Å². The highest BCUT2D eigenvalue weighted by Gasteiger charge is 2.30. The van der Waals surface area contributed by atoms with Crippen molar-refractivity contribution in [1.82, 2.24) is 15.1 Å². The number of imide groups is 1. The van der Waals surface area contributed by atoms with E-state index in [1.54, 1.807) is 6.92 Å². The first-order valence-corrected chi connectivity index (χ1v) is 8.33. The molecule has 128 valence electrons. The van der Waals surface area contributed by atoms with Crippen LogP contribution in [0.4, 0.5) is 0 Å². The monoisotopic (exact) mass is 323 g/mol. The number of hydrogen-bond acceptors (Lipinski definition) is 4. The predicted molar refractivity (Wildman–Crippen MR) is 83.2 cm³/mol. The zero-order valence-electron chi connectivity index (χ0n) is 13.8. The fourth-order valence-corrected chi connectivity index (χ4v) is 3.14. The Hall–Kier alpha value is -1.92. The number of carbonyl (C=O) groups excluding carboxylic acids is 4. The second-order valence-electron chi connectivity index (χ2n) is 6.35. The van der Waals surface area contributed by atoms with Crippen molar-refractivity contribution >= 4 is 23.6 Å². The summed E-state index contributed by atoms with van der Waals surface area (Å²) in [6.07, 6.45) is 3.60. The van der Waals surface area contributed by atoms with Crippen molar-refractivity contribution in [2.24, 2.45) is 0 Å². The van der Waals surface area contributed by atoms with Crippen LogP contribution < -0.4 is 5.32 Å². The molecule has 7 nitrogen and oxygen atoms in total. The Balaban J connectivity index is 1.78. The molecule has 2 aliphatic rings. The fourth-order valence-electron chi connectivity index (χ4n) is 3.14. The summed E-state index contributed by atoms with van der Waals surface area (Å²) in [6.45, 7) is 4.52. The average Bonchev–Trinajstić information content (AvgIpc) is 2.83. The molecule has 4 amide bonds.